The van der Waals surface area contributed by atoms with E-state index in [4.69, 9.17) is 10.4 Å². The standard InChI is InChI=1S/C9H14N2O2/c1-7(12)8(13)11(2)9(6-10)4-3-5-9/h7,12H,3-5H2,1-2H3. The fourth-order valence-corrected chi connectivity index (χ4v) is 1.53. The maximum Gasteiger partial charge on any atom is 0.252 e. The zero-order valence-corrected chi connectivity index (χ0v) is 7.95. The Morgan fingerprint density at radius 3 is 2.46 bits per heavy atom. The molecule has 1 fully saturated rings. The van der Waals surface area contributed by atoms with Crippen LogP contribution in [0.5, 0.6) is 0 Å². The number of rotatable bonds is 2. The molecule has 72 valence electrons. The number of hydrogen-bond acceptors (Lipinski definition) is 3. The second-order valence-corrected chi connectivity index (χ2v) is 3.57. The van der Waals surface area contributed by atoms with Gasteiger partial charge in [-0.25, -0.2) is 0 Å². The molecule has 0 heterocycles. The second-order valence-electron chi connectivity index (χ2n) is 3.57. The minimum Gasteiger partial charge on any atom is -0.384 e. The summed E-state index contributed by atoms with van der Waals surface area (Å²) in [5.74, 6) is -0.374. The molecule has 0 aromatic carbocycles. The van der Waals surface area contributed by atoms with Crippen molar-refractivity contribution in [3.8, 4) is 6.07 Å². The quantitative estimate of drug-likeness (QED) is 0.666. The first-order chi connectivity index (χ1) is 6.03. The van der Waals surface area contributed by atoms with Crippen LogP contribution in [0.3, 0.4) is 0 Å². The molecular weight excluding hydrogens is 168 g/mol. The largest absolute Gasteiger partial charge is 0.384 e. The van der Waals surface area contributed by atoms with E-state index in [-0.39, 0.29) is 5.91 Å². The fraction of sp³-hybridized carbons (Fsp3) is 0.778. The highest BCUT2D eigenvalue weighted by Crippen LogP contribution is 2.36. The number of amides is 1. The van der Waals surface area contributed by atoms with Crippen molar-refractivity contribution in [2.75, 3.05) is 7.05 Å². The molecule has 1 N–H and O–H groups in total. The van der Waals surface area contributed by atoms with E-state index in [1.807, 2.05) is 0 Å². The summed E-state index contributed by atoms with van der Waals surface area (Å²) >= 11 is 0. The van der Waals surface area contributed by atoms with Gasteiger partial charge in [0.25, 0.3) is 5.91 Å². The topological polar surface area (TPSA) is 64.3 Å². The van der Waals surface area contributed by atoms with Crippen LogP contribution in [0.15, 0.2) is 0 Å². The van der Waals surface area contributed by atoms with Crippen LogP contribution in [0.25, 0.3) is 0 Å². The maximum absolute atomic E-state index is 11.4. The monoisotopic (exact) mass is 182 g/mol. The number of aliphatic hydroxyl groups excluding tert-OH is 1. The van der Waals surface area contributed by atoms with Gasteiger partial charge in [0.1, 0.15) is 11.6 Å². The van der Waals surface area contributed by atoms with Gasteiger partial charge in [0.05, 0.1) is 6.07 Å². The zero-order chi connectivity index (χ0) is 10.1. The van der Waals surface area contributed by atoms with E-state index in [9.17, 15) is 4.79 Å². The minimum absolute atomic E-state index is 0.374. The van der Waals surface area contributed by atoms with Crippen molar-refractivity contribution in [2.24, 2.45) is 0 Å². The van der Waals surface area contributed by atoms with Crippen molar-refractivity contribution in [1.29, 1.82) is 5.26 Å². The summed E-state index contributed by atoms with van der Waals surface area (Å²) in [6, 6.07) is 2.14. The van der Waals surface area contributed by atoms with Gasteiger partial charge in [0.2, 0.25) is 0 Å². The highest BCUT2D eigenvalue weighted by molar-refractivity contribution is 5.81. The molecule has 1 rings (SSSR count). The van der Waals surface area contributed by atoms with E-state index in [0.717, 1.165) is 19.3 Å². The number of nitriles is 1. The lowest BCUT2D eigenvalue weighted by molar-refractivity contribution is -0.144. The summed E-state index contributed by atoms with van der Waals surface area (Å²) in [4.78, 5) is 12.7. The number of carbonyl (C=O) groups is 1. The average Bonchev–Trinajstić information content (AvgIpc) is 2.01. The molecule has 1 saturated carbocycles. The van der Waals surface area contributed by atoms with E-state index in [1.165, 1.54) is 11.8 Å². The molecule has 0 bridgehead atoms. The molecule has 1 aliphatic rings. The van der Waals surface area contributed by atoms with Crippen molar-refractivity contribution < 1.29 is 9.90 Å². The average molecular weight is 182 g/mol. The SMILES string of the molecule is CC(O)C(=O)N(C)C1(C#N)CCC1. The van der Waals surface area contributed by atoms with Gasteiger partial charge in [-0.1, -0.05) is 0 Å². The highest BCUT2D eigenvalue weighted by atomic mass is 16.3. The Morgan fingerprint density at radius 2 is 2.23 bits per heavy atom. The molecular formula is C9H14N2O2. The van der Waals surface area contributed by atoms with Crippen LogP contribution in [0, 0.1) is 11.3 Å². The van der Waals surface area contributed by atoms with Crippen LogP contribution in [0.2, 0.25) is 0 Å². The van der Waals surface area contributed by atoms with E-state index in [2.05, 4.69) is 6.07 Å². The molecule has 0 aliphatic heterocycles. The minimum atomic E-state index is -1.02. The Kier molecular flexibility index (Phi) is 2.58. The van der Waals surface area contributed by atoms with E-state index < -0.39 is 11.6 Å². The molecule has 1 aliphatic carbocycles. The lowest BCUT2D eigenvalue weighted by atomic mass is 9.76. The molecule has 0 aromatic heterocycles. The normalized spacial score (nSPS) is 21.1. The van der Waals surface area contributed by atoms with Crippen molar-refractivity contribution in [1.82, 2.24) is 4.90 Å². The van der Waals surface area contributed by atoms with E-state index in [0.29, 0.717) is 0 Å². The van der Waals surface area contributed by atoms with Crippen LogP contribution < -0.4 is 0 Å². The van der Waals surface area contributed by atoms with Gasteiger partial charge in [-0.15, -0.1) is 0 Å². The molecule has 0 saturated heterocycles. The van der Waals surface area contributed by atoms with Crippen LogP contribution in [-0.2, 0) is 4.79 Å². The predicted molar refractivity (Wildman–Crippen MR) is 46.6 cm³/mol. The Balaban J connectivity index is 2.72. The predicted octanol–water partition coefficient (Wildman–Crippen LogP) is 0.272. The first-order valence-electron chi connectivity index (χ1n) is 4.40. The first-order valence-corrected chi connectivity index (χ1v) is 4.40. The molecule has 13 heavy (non-hydrogen) atoms. The molecule has 0 aromatic rings. The van der Waals surface area contributed by atoms with Crippen LogP contribution >= 0.6 is 0 Å². The number of aliphatic hydroxyl groups is 1. The Hall–Kier alpha value is -1.08. The molecule has 4 heteroatoms. The number of nitrogens with zero attached hydrogens (tertiary/aromatic N) is 2. The lowest BCUT2D eigenvalue weighted by Gasteiger charge is -2.43. The summed E-state index contributed by atoms with van der Waals surface area (Å²) in [7, 11) is 1.58. The summed E-state index contributed by atoms with van der Waals surface area (Å²) in [6.07, 6.45) is 1.40. The maximum atomic E-state index is 11.4. The van der Waals surface area contributed by atoms with Crippen molar-refractivity contribution in [3.05, 3.63) is 0 Å². The molecule has 0 spiro atoms. The van der Waals surface area contributed by atoms with Gasteiger partial charge < -0.3 is 10.0 Å². The molecule has 0 radical (unpaired) electrons. The number of likely N-dealkylation sites (N-methyl/N-ethyl adjacent to an activating group) is 1. The third-order valence-electron chi connectivity index (χ3n) is 2.72. The van der Waals surface area contributed by atoms with E-state index in [1.54, 1.807) is 7.05 Å². The van der Waals surface area contributed by atoms with Crippen LogP contribution in [0.1, 0.15) is 26.2 Å². The first kappa shape index (κ1) is 10.0. The highest BCUT2D eigenvalue weighted by Gasteiger charge is 2.44. The van der Waals surface area contributed by atoms with Crippen molar-refractivity contribution in [2.45, 2.75) is 37.8 Å². The Bertz CT molecular complexity index is 251. The summed E-state index contributed by atoms with van der Waals surface area (Å²) in [5.41, 5.74) is -0.645. The van der Waals surface area contributed by atoms with Gasteiger partial charge in [-0.2, -0.15) is 5.26 Å². The van der Waals surface area contributed by atoms with Gasteiger partial charge in [0, 0.05) is 7.05 Å². The van der Waals surface area contributed by atoms with Gasteiger partial charge in [-0.3, -0.25) is 4.79 Å². The number of hydrogen-bond donors (Lipinski definition) is 1. The molecule has 1 unspecified atom stereocenters. The van der Waals surface area contributed by atoms with Crippen molar-refractivity contribution in [3.63, 3.8) is 0 Å². The number of carbonyl (C=O) groups excluding carboxylic acids is 1. The summed E-state index contributed by atoms with van der Waals surface area (Å²) in [5, 5.41) is 18.0. The molecule has 1 atom stereocenters. The summed E-state index contributed by atoms with van der Waals surface area (Å²) in [6.45, 7) is 1.42. The van der Waals surface area contributed by atoms with Gasteiger partial charge in [-0.05, 0) is 26.2 Å². The van der Waals surface area contributed by atoms with Gasteiger partial charge in [0.15, 0.2) is 0 Å². The third-order valence-corrected chi connectivity index (χ3v) is 2.72. The Morgan fingerprint density at radius 1 is 1.69 bits per heavy atom. The van der Waals surface area contributed by atoms with Crippen molar-refractivity contribution >= 4 is 5.91 Å². The van der Waals surface area contributed by atoms with Gasteiger partial charge >= 0.3 is 0 Å². The smallest absolute Gasteiger partial charge is 0.252 e. The summed E-state index contributed by atoms with van der Waals surface area (Å²) < 4.78 is 0. The zero-order valence-electron chi connectivity index (χ0n) is 7.95. The fourth-order valence-electron chi connectivity index (χ4n) is 1.53. The Labute approximate surface area is 77.8 Å². The van der Waals surface area contributed by atoms with E-state index >= 15 is 0 Å². The van der Waals surface area contributed by atoms with Crippen LogP contribution in [0.4, 0.5) is 0 Å². The molecule has 1 amide bonds. The lowest BCUT2D eigenvalue weighted by Crippen LogP contribution is -2.55. The van der Waals surface area contributed by atoms with Crippen LogP contribution in [-0.4, -0.2) is 34.6 Å². The second kappa shape index (κ2) is 3.35. The molecule has 4 nitrogen and oxygen atoms in total. The third kappa shape index (κ3) is 1.52.